The lowest BCUT2D eigenvalue weighted by Gasteiger charge is -2.28. The van der Waals surface area contributed by atoms with Gasteiger partial charge in [0.05, 0.1) is 1.37 Å². The minimum absolute atomic E-state index is 0.343. The van der Waals surface area contributed by atoms with Crippen molar-refractivity contribution in [2.24, 2.45) is 0 Å². The van der Waals surface area contributed by atoms with Crippen LogP contribution in [0.5, 0.6) is 5.75 Å². The molecule has 76 valence electrons. The van der Waals surface area contributed by atoms with Gasteiger partial charge in [-0.15, -0.1) is 0 Å². The van der Waals surface area contributed by atoms with Crippen LogP contribution >= 0.6 is 0 Å². The fraction of sp³-hybridized carbons (Fsp3) is 0.333. The number of ether oxygens (including phenoxy) is 1. The molecule has 1 N–H and O–H groups in total. The highest BCUT2D eigenvalue weighted by molar-refractivity contribution is 5.27. The third kappa shape index (κ3) is 1.55. The molecule has 1 heterocycles. The summed E-state index contributed by atoms with van der Waals surface area (Å²) in [5.41, 5.74) is 0. The first kappa shape index (κ1) is 8.11. The molecule has 0 unspecified atom stereocenters. The van der Waals surface area contributed by atoms with Gasteiger partial charge in [0.2, 0.25) is 5.82 Å². The van der Waals surface area contributed by atoms with Crippen molar-refractivity contribution in [1.29, 1.82) is 0 Å². The van der Waals surface area contributed by atoms with Crippen molar-refractivity contribution >= 4 is 0 Å². The fourth-order valence-electron chi connectivity index (χ4n) is 1.08. The summed E-state index contributed by atoms with van der Waals surface area (Å²) in [6, 6.07) is -0.219. The van der Waals surface area contributed by atoms with E-state index >= 15 is 0 Å². The van der Waals surface area contributed by atoms with E-state index in [9.17, 15) is 13.2 Å². The molecular weight excluding hydrogens is 195 g/mol. The number of rotatable bonds is 2. The molecule has 1 aliphatic heterocycles. The van der Waals surface area contributed by atoms with Crippen molar-refractivity contribution < 1.29 is 19.3 Å². The van der Waals surface area contributed by atoms with Crippen LogP contribution in [0.3, 0.4) is 0 Å². The van der Waals surface area contributed by atoms with Gasteiger partial charge in [-0.25, -0.2) is 8.78 Å². The molecule has 0 aliphatic carbocycles. The Balaban J connectivity index is 2.32. The predicted molar refractivity (Wildman–Crippen MR) is 43.6 cm³/mol. The number of benzene rings is 1. The van der Waals surface area contributed by atoms with Crippen LogP contribution in [0.15, 0.2) is 12.1 Å². The van der Waals surface area contributed by atoms with Crippen molar-refractivity contribution in [2.75, 3.05) is 13.1 Å². The quantitative estimate of drug-likeness (QED) is 0.736. The average Bonchev–Trinajstić information content (AvgIpc) is 2.11. The number of halogens is 3. The molecule has 14 heavy (non-hydrogen) atoms. The molecule has 1 saturated heterocycles. The maximum atomic E-state index is 13.2. The zero-order valence-corrected chi connectivity index (χ0v) is 7.11. The van der Waals surface area contributed by atoms with Crippen molar-refractivity contribution in [1.82, 2.24) is 5.32 Å². The second kappa shape index (κ2) is 3.49. The van der Waals surface area contributed by atoms with Crippen molar-refractivity contribution in [3.05, 3.63) is 29.6 Å². The van der Waals surface area contributed by atoms with Crippen molar-refractivity contribution in [3.63, 3.8) is 0 Å². The first-order chi connectivity index (χ1) is 7.09. The summed E-state index contributed by atoms with van der Waals surface area (Å²) in [4.78, 5) is 0. The van der Waals surface area contributed by atoms with E-state index in [1.165, 1.54) is 0 Å². The summed E-state index contributed by atoms with van der Waals surface area (Å²) in [7, 11) is 0. The third-order valence-corrected chi connectivity index (χ3v) is 1.96. The molecule has 1 aromatic carbocycles. The highest BCUT2D eigenvalue weighted by Crippen LogP contribution is 2.25. The standard InChI is InChI=1S/C9H8F3NO/c10-6-1-2-7(11)9(8(6)12)14-5-3-13-4-5/h1-2,5,13H,3-4H2/i1D. The average molecular weight is 204 g/mol. The number of hydrogen-bond acceptors (Lipinski definition) is 2. The Bertz CT molecular complexity index is 395. The van der Waals surface area contributed by atoms with E-state index in [-0.39, 0.29) is 6.10 Å². The van der Waals surface area contributed by atoms with Crippen LogP contribution in [0.4, 0.5) is 13.2 Å². The molecule has 5 heteroatoms. The smallest absolute Gasteiger partial charge is 0.203 e. The monoisotopic (exact) mass is 204 g/mol. The maximum absolute atomic E-state index is 13.2. The zero-order chi connectivity index (χ0) is 11.0. The molecule has 0 aromatic heterocycles. The normalized spacial score (nSPS) is 17.5. The molecule has 0 radical (unpaired) electrons. The third-order valence-electron chi connectivity index (χ3n) is 1.96. The van der Waals surface area contributed by atoms with Crippen molar-refractivity contribution in [2.45, 2.75) is 6.10 Å². The minimum Gasteiger partial charge on any atom is -0.482 e. The first-order valence-corrected chi connectivity index (χ1v) is 4.11. The SMILES string of the molecule is [2H]c1cc(F)c(OC2CNC2)c(F)c1F. The zero-order valence-electron chi connectivity index (χ0n) is 8.11. The molecule has 2 rings (SSSR count). The second-order valence-corrected chi connectivity index (χ2v) is 2.99. The van der Waals surface area contributed by atoms with Crippen LogP contribution in [0.2, 0.25) is 0 Å². The number of nitrogens with one attached hydrogen (secondary N) is 1. The lowest BCUT2D eigenvalue weighted by Crippen LogP contribution is -2.50. The Morgan fingerprint density at radius 3 is 2.64 bits per heavy atom. The molecule has 1 aliphatic rings. The highest BCUT2D eigenvalue weighted by Gasteiger charge is 2.23. The lowest BCUT2D eigenvalue weighted by molar-refractivity contribution is 0.128. The van der Waals surface area contributed by atoms with Crippen LogP contribution < -0.4 is 10.1 Å². The Hall–Kier alpha value is -1.23. The molecule has 0 atom stereocenters. The Kier molecular flexibility index (Phi) is 2.02. The Morgan fingerprint density at radius 1 is 1.36 bits per heavy atom. The molecule has 0 bridgehead atoms. The molecule has 0 amide bonds. The Morgan fingerprint density at radius 2 is 2.07 bits per heavy atom. The summed E-state index contributed by atoms with van der Waals surface area (Å²) >= 11 is 0. The molecule has 1 fully saturated rings. The molecule has 2 nitrogen and oxygen atoms in total. The van der Waals surface area contributed by atoms with E-state index in [4.69, 9.17) is 6.11 Å². The van der Waals surface area contributed by atoms with E-state index in [0.29, 0.717) is 19.2 Å². The largest absolute Gasteiger partial charge is 0.482 e. The second-order valence-electron chi connectivity index (χ2n) is 2.99. The molecule has 0 spiro atoms. The minimum atomic E-state index is -1.44. The van der Waals surface area contributed by atoms with E-state index < -0.39 is 29.2 Å². The van der Waals surface area contributed by atoms with Crippen molar-refractivity contribution in [3.8, 4) is 5.75 Å². The maximum Gasteiger partial charge on any atom is 0.203 e. The summed E-state index contributed by atoms with van der Waals surface area (Å²) in [6.07, 6.45) is -0.343. The van der Waals surface area contributed by atoms with Gasteiger partial charge in [0, 0.05) is 13.1 Å². The van der Waals surface area contributed by atoms with Gasteiger partial charge in [0.15, 0.2) is 17.4 Å². The topological polar surface area (TPSA) is 21.3 Å². The Labute approximate surface area is 80.1 Å². The lowest BCUT2D eigenvalue weighted by atomic mass is 10.2. The summed E-state index contributed by atoms with van der Waals surface area (Å²) in [5, 5.41) is 2.85. The summed E-state index contributed by atoms with van der Waals surface area (Å²) in [6.45, 7) is 0.951. The molecule has 1 aromatic rings. The van der Waals surface area contributed by atoms with E-state index in [2.05, 4.69) is 5.32 Å². The molecule has 0 saturated carbocycles. The molecular formula is C9H8F3NO. The van der Waals surface area contributed by atoms with Gasteiger partial charge in [0.25, 0.3) is 0 Å². The summed E-state index contributed by atoms with van der Waals surface area (Å²) in [5.74, 6) is -4.62. The van der Waals surface area contributed by atoms with Gasteiger partial charge in [-0.2, -0.15) is 4.39 Å². The van der Waals surface area contributed by atoms with Gasteiger partial charge in [0.1, 0.15) is 6.10 Å². The highest BCUT2D eigenvalue weighted by atomic mass is 19.2. The van der Waals surface area contributed by atoms with E-state index in [0.717, 1.165) is 0 Å². The van der Waals surface area contributed by atoms with Gasteiger partial charge < -0.3 is 10.1 Å². The van der Waals surface area contributed by atoms with Gasteiger partial charge in [-0.05, 0) is 12.1 Å². The van der Waals surface area contributed by atoms with Crippen LogP contribution in [0, 0.1) is 17.5 Å². The van der Waals surface area contributed by atoms with Gasteiger partial charge >= 0.3 is 0 Å². The van der Waals surface area contributed by atoms with Crippen LogP contribution in [0.25, 0.3) is 0 Å². The van der Waals surface area contributed by atoms with Gasteiger partial charge in [-0.3, -0.25) is 0 Å². The van der Waals surface area contributed by atoms with E-state index in [1.807, 2.05) is 0 Å². The first-order valence-electron chi connectivity index (χ1n) is 4.61. The van der Waals surface area contributed by atoms with E-state index in [1.54, 1.807) is 0 Å². The van der Waals surface area contributed by atoms with Crippen LogP contribution in [0.1, 0.15) is 1.37 Å². The summed E-state index contributed by atoms with van der Waals surface area (Å²) < 4.78 is 51.1. The predicted octanol–water partition coefficient (Wildman–Crippen LogP) is 1.45. The van der Waals surface area contributed by atoms with Gasteiger partial charge in [-0.1, -0.05) is 0 Å². The number of hydrogen-bond donors (Lipinski definition) is 1. The van der Waals surface area contributed by atoms with Crippen LogP contribution in [-0.4, -0.2) is 19.2 Å². The fourth-order valence-corrected chi connectivity index (χ4v) is 1.08. The van der Waals surface area contributed by atoms with Crippen LogP contribution in [-0.2, 0) is 0 Å².